The SMILES string of the molecule is CC1CCC(CNc2ccncc2[N+](=O)[O-])CC1. The third kappa shape index (κ3) is 3.18. The number of anilines is 1. The predicted octanol–water partition coefficient (Wildman–Crippen LogP) is 3.23. The zero-order valence-corrected chi connectivity index (χ0v) is 10.6. The second-order valence-electron chi connectivity index (χ2n) is 5.16. The first kappa shape index (κ1) is 12.8. The quantitative estimate of drug-likeness (QED) is 0.657. The van der Waals surface area contributed by atoms with Crippen LogP contribution < -0.4 is 5.32 Å². The minimum absolute atomic E-state index is 0.0571. The summed E-state index contributed by atoms with van der Waals surface area (Å²) in [6.45, 7) is 3.11. The molecule has 1 heterocycles. The van der Waals surface area contributed by atoms with E-state index >= 15 is 0 Å². The highest BCUT2D eigenvalue weighted by Gasteiger charge is 2.19. The van der Waals surface area contributed by atoms with Gasteiger partial charge >= 0.3 is 5.69 Å². The van der Waals surface area contributed by atoms with E-state index in [0.717, 1.165) is 12.5 Å². The molecule has 5 nitrogen and oxygen atoms in total. The van der Waals surface area contributed by atoms with Crippen molar-refractivity contribution in [3.8, 4) is 0 Å². The molecule has 1 aliphatic rings. The second-order valence-corrected chi connectivity index (χ2v) is 5.16. The summed E-state index contributed by atoms with van der Waals surface area (Å²) in [5.74, 6) is 1.46. The Labute approximate surface area is 107 Å². The minimum atomic E-state index is -0.391. The van der Waals surface area contributed by atoms with Gasteiger partial charge < -0.3 is 5.32 Å². The van der Waals surface area contributed by atoms with Crippen LogP contribution in [0.15, 0.2) is 18.5 Å². The molecule has 1 aliphatic carbocycles. The van der Waals surface area contributed by atoms with Crippen molar-refractivity contribution in [2.75, 3.05) is 11.9 Å². The Morgan fingerprint density at radius 1 is 1.44 bits per heavy atom. The van der Waals surface area contributed by atoms with E-state index in [1.165, 1.54) is 31.9 Å². The van der Waals surface area contributed by atoms with Crippen LogP contribution in [0.3, 0.4) is 0 Å². The Bertz CT molecular complexity index is 414. The van der Waals surface area contributed by atoms with Crippen molar-refractivity contribution < 1.29 is 4.92 Å². The van der Waals surface area contributed by atoms with E-state index in [2.05, 4.69) is 17.2 Å². The molecule has 5 heteroatoms. The molecule has 18 heavy (non-hydrogen) atoms. The molecule has 0 atom stereocenters. The number of nitro groups is 1. The maximum absolute atomic E-state index is 10.8. The Morgan fingerprint density at radius 2 is 2.17 bits per heavy atom. The summed E-state index contributed by atoms with van der Waals surface area (Å²) in [4.78, 5) is 14.2. The van der Waals surface area contributed by atoms with Crippen molar-refractivity contribution in [1.29, 1.82) is 0 Å². The second kappa shape index (κ2) is 5.80. The molecule has 98 valence electrons. The molecule has 0 saturated heterocycles. The van der Waals surface area contributed by atoms with Crippen molar-refractivity contribution in [2.45, 2.75) is 32.6 Å². The van der Waals surface area contributed by atoms with Crippen LogP contribution in [0.5, 0.6) is 0 Å². The molecular weight excluding hydrogens is 230 g/mol. The van der Waals surface area contributed by atoms with E-state index < -0.39 is 4.92 Å². The van der Waals surface area contributed by atoms with Crippen molar-refractivity contribution in [3.63, 3.8) is 0 Å². The molecule has 0 aromatic carbocycles. The van der Waals surface area contributed by atoms with Gasteiger partial charge in [-0.15, -0.1) is 0 Å². The van der Waals surface area contributed by atoms with Gasteiger partial charge in [-0.3, -0.25) is 15.1 Å². The Kier molecular flexibility index (Phi) is 4.12. The lowest BCUT2D eigenvalue weighted by molar-refractivity contribution is -0.384. The average Bonchev–Trinajstić information content (AvgIpc) is 2.38. The average molecular weight is 249 g/mol. The highest BCUT2D eigenvalue weighted by atomic mass is 16.6. The lowest BCUT2D eigenvalue weighted by atomic mass is 9.83. The molecule has 0 unspecified atom stereocenters. The van der Waals surface area contributed by atoms with E-state index in [1.807, 2.05) is 0 Å². The third-order valence-electron chi connectivity index (χ3n) is 3.71. The lowest BCUT2D eigenvalue weighted by Gasteiger charge is -2.26. The first-order chi connectivity index (χ1) is 8.66. The van der Waals surface area contributed by atoms with Crippen molar-refractivity contribution in [3.05, 3.63) is 28.6 Å². The van der Waals surface area contributed by atoms with Gasteiger partial charge in [-0.1, -0.05) is 19.8 Å². The summed E-state index contributed by atoms with van der Waals surface area (Å²) in [6, 6.07) is 1.67. The fourth-order valence-corrected chi connectivity index (χ4v) is 2.47. The minimum Gasteiger partial charge on any atom is -0.379 e. The van der Waals surface area contributed by atoms with Crippen LogP contribution in [0.4, 0.5) is 11.4 Å². The van der Waals surface area contributed by atoms with Gasteiger partial charge in [0.2, 0.25) is 0 Å². The molecule has 1 aromatic heterocycles. The molecule has 1 N–H and O–H groups in total. The highest BCUT2D eigenvalue weighted by Crippen LogP contribution is 2.29. The fraction of sp³-hybridized carbons (Fsp3) is 0.615. The van der Waals surface area contributed by atoms with Crippen LogP contribution in [0.1, 0.15) is 32.6 Å². The van der Waals surface area contributed by atoms with E-state index in [4.69, 9.17) is 0 Å². The first-order valence-corrected chi connectivity index (χ1v) is 6.49. The van der Waals surface area contributed by atoms with Gasteiger partial charge in [0.15, 0.2) is 0 Å². The van der Waals surface area contributed by atoms with Gasteiger partial charge in [0.25, 0.3) is 0 Å². The molecule has 2 rings (SSSR count). The van der Waals surface area contributed by atoms with Crippen LogP contribution in [0, 0.1) is 22.0 Å². The smallest absolute Gasteiger partial charge is 0.310 e. The predicted molar refractivity (Wildman–Crippen MR) is 70.5 cm³/mol. The summed E-state index contributed by atoms with van der Waals surface area (Å²) in [5.41, 5.74) is 0.635. The van der Waals surface area contributed by atoms with Crippen LogP contribution in [0.2, 0.25) is 0 Å². The van der Waals surface area contributed by atoms with Crippen molar-refractivity contribution in [1.82, 2.24) is 4.98 Å². The van der Waals surface area contributed by atoms with Crippen molar-refractivity contribution >= 4 is 11.4 Å². The fourth-order valence-electron chi connectivity index (χ4n) is 2.47. The number of pyridine rings is 1. The molecule has 0 bridgehead atoms. The maximum Gasteiger partial charge on any atom is 0.310 e. The van der Waals surface area contributed by atoms with E-state index in [1.54, 1.807) is 12.3 Å². The molecule has 0 amide bonds. The highest BCUT2D eigenvalue weighted by molar-refractivity contribution is 5.59. The Balaban J connectivity index is 1.92. The summed E-state index contributed by atoms with van der Waals surface area (Å²) >= 11 is 0. The summed E-state index contributed by atoms with van der Waals surface area (Å²) in [5, 5.41) is 14.0. The molecule has 1 saturated carbocycles. The zero-order chi connectivity index (χ0) is 13.0. The normalized spacial score (nSPS) is 23.6. The Morgan fingerprint density at radius 3 is 2.83 bits per heavy atom. The number of aromatic nitrogens is 1. The number of hydrogen-bond donors (Lipinski definition) is 1. The lowest BCUT2D eigenvalue weighted by Crippen LogP contribution is -2.20. The van der Waals surface area contributed by atoms with E-state index in [0.29, 0.717) is 11.6 Å². The number of rotatable bonds is 4. The van der Waals surface area contributed by atoms with Crippen LogP contribution in [-0.2, 0) is 0 Å². The van der Waals surface area contributed by atoms with Gasteiger partial charge in [-0.25, -0.2) is 0 Å². The monoisotopic (exact) mass is 249 g/mol. The van der Waals surface area contributed by atoms with Crippen LogP contribution in [0.25, 0.3) is 0 Å². The van der Waals surface area contributed by atoms with Crippen LogP contribution in [-0.4, -0.2) is 16.5 Å². The van der Waals surface area contributed by atoms with E-state index in [9.17, 15) is 10.1 Å². The van der Waals surface area contributed by atoms with Gasteiger partial charge in [0, 0.05) is 12.7 Å². The molecule has 1 fully saturated rings. The summed E-state index contributed by atoms with van der Waals surface area (Å²) in [7, 11) is 0. The number of nitrogens with one attached hydrogen (secondary N) is 1. The summed E-state index contributed by atoms with van der Waals surface area (Å²) in [6.07, 6.45) is 7.85. The van der Waals surface area contributed by atoms with Gasteiger partial charge in [0.05, 0.1) is 4.92 Å². The molecule has 0 radical (unpaired) electrons. The largest absolute Gasteiger partial charge is 0.379 e. The van der Waals surface area contributed by atoms with Gasteiger partial charge in [-0.05, 0) is 30.7 Å². The molecular formula is C13H19N3O2. The number of hydrogen-bond acceptors (Lipinski definition) is 4. The number of nitrogens with zero attached hydrogens (tertiary/aromatic N) is 2. The summed E-state index contributed by atoms with van der Waals surface area (Å²) < 4.78 is 0. The van der Waals surface area contributed by atoms with E-state index in [-0.39, 0.29) is 5.69 Å². The van der Waals surface area contributed by atoms with Crippen LogP contribution >= 0.6 is 0 Å². The van der Waals surface area contributed by atoms with Crippen molar-refractivity contribution in [2.24, 2.45) is 11.8 Å². The Hall–Kier alpha value is -1.65. The first-order valence-electron chi connectivity index (χ1n) is 6.49. The standard InChI is InChI=1S/C13H19N3O2/c1-10-2-4-11(5-3-10)8-15-12-6-7-14-9-13(12)16(17)18/h6-7,9-11H,2-5,8H2,1H3,(H,14,15). The third-order valence-corrected chi connectivity index (χ3v) is 3.71. The maximum atomic E-state index is 10.8. The molecule has 0 spiro atoms. The van der Waals surface area contributed by atoms with Gasteiger partial charge in [0.1, 0.15) is 11.9 Å². The van der Waals surface area contributed by atoms with Gasteiger partial charge in [-0.2, -0.15) is 0 Å². The zero-order valence-electron chi connectivity index (χ0n) is 10.6. The molecule has 0 aliphatic heterocycles. The topological polar surface area (TPSA) is 68.1 Å². The molecule has 1 aromatic rings.